The highest BCUT2D eigenvalue weighted by Gasteiger charge is 2.04. The fourth-order valence-electron chi connectivity index (χ4n) is 2.30. The summed E-state index contributed by atoms with van der Waals surface area (Å²) in [5.41, 5.74) is 0.468. The molecule has 0 aliphatic carbocycles. The standard InChI is InChI=1S/C18H10O4S2/c19-17-7-1-11-9-13(3-5-15(11)21-17)23-24-14-4-6-16-12(10-14)2-8-18(20)22-16/h1-10H. The molecular formula is C18H10O4S2. The van der Waals surface area contributed by atoms with Crippen LogP contribution in [0.5, 0.6) is 0 Å². The third-order valence-corrected chi connectivity index (χ3v) is 5.80. The monoisotopic (exact) mass is 354 g/mol. The first-order valence-electron chi connectivity index (χ1n) is 7.10. The Morgan fingerprint density at radius 3 is 1.50 bits per heavy atom. The average Bonchev–Trinajstić information content (AvgIpc) is 2.60. The number of hydrogen-bond acceptors (Lipinski definition) is 6. The van der Waals surface area contributed by atoms with Gasteiger partial charge in [0.15, 0.2) is 0 Å². The molecular weight excluding hydrogens is 344 g/mol. The molecule has 0 saturated heterocycles. The van der Waals surface area contributed by atoms with Crippen LogP contribution in [-0.2, 0) is 0 Å². The van der Waals surface area contributed by atoms with Gasteiger partial charge in [-0.15, -0.1) is 0 Å². The summed E-state index contributed by atoms with van der Waals surface area (Å²) in [6, 6.07) is 17.8. The van der Waals surface area contributed by atoms with Gasteiger partial charge in [-0.05, 0) is 48.5 Å². The molecule has 0 radical (unpaired) electrons. The summed E-state index contributed by atoms with van der Waals surface area (Å²) in [5.74, 6) is 0. The Hall–Kier alpha value is -2.44. The average molecular weight is 354 g/mol. The van der Waals surface area contributed by atoms with Crippen molar-refractivity contribution in [1.29, 1.82) is 0 Å². The van der Waals surface area contributed by atoms with Crippen LogP contribution in [0.4, 0.5) is 0 Å². The molecule has 4 aromatic rings. The molecule has 0 spiro atoms. The molecule has 4 nitrogen and oxygen atoms in total. The summed E-state index contributed by atoms with van der Waals surface area (Å²) >= 11 is 0. The fourth-order valence-corrected chi connectivity index (χ4v) is 4.29. The van der Waals surface area contributed by atoms with E-state index in [2.05, 4.69) is 0 Å². The van der Waals surface area contributed by atoms with E-state index < -0.39 is 0 Å². The Labute approximate surface area is 143 Å². The van der Waals surface area contributed by atoms with Gasteiger partial charge in [0, 0.05) is 32.7 Å². The topological polar surface area (TPSA) is 60.4 Å². The van der Waals surface area contributed by atoms with Crippen LogP contribution in [0.1, 0.15) is 0 Å². The maximum atomic E-state index is 11.2. The molecule has 118 valence electrons. The summed E-state index contributed by atoms with van der Waals surface area (Å²) in [4.78, 5) is 24.5. The zero-order valence-electron chi connectivity index (χ0n) is 12.2. The van der Waals surface area contributed by atoms with Crippen molar-refractivity contribution in [3.05, 3.63) is 81.5 Å². The molecule has 0 saturated carbocycles. The SMILES string of the molecule is O=c1ccc2cc(SSc3ccc4oc(=O)ccc4c3)ccc2o1. The summed E-state index contributed by atoms with van der Waals surface area (Å²) < 4.78 is 10.3. The molecule has 6 heteroatoms. The molecule has 0 aliphatic rings. The molecule has 2 heterocycles. The van der Waals surface area contributed by atoms with Crippen LogP contribution in [0.2, 0.25) is 0 Å². The van der Waals surface area contributed by atoms with E-state index in [4.69, 9.17) is 8.83 Å². The van der Waals surface area contributed by atoms with Crippen molar-refractivity contribution in [3.8, 4) is 0 Å². The Morgan fingerprint density at radius 2 is 1.04 bits per heavy atom. The van der Waals surface area contributed by atoms with Gasteiger partial charge in [0.25, 0.3) is 0 Å². The second-order valence-electron chi connectivity index (χ2n) is 5.07. The second kappa shape index (κ2) is 6.22. The Morgan fingerprint density at radius 1 is 0.583 bits per heavy atom. The highest BCUT2D eigenvalue weighted by molar-refractivity contribution is 8.76. The van der Waals surface area contributed by atoms with Gasteiger partial charge in [-0.3, -0.25) is 0 Å². The van der Waals surface area contributed by atoms with Crippen molar-refractivity contribution in [2.45, 2.75) is 9.79 Å². The van der Waals surface area contributed by atoms with Crippen molar-refractivity contribution < 1.29 is 8.83 Å². The number of fused-ring (bicyclic) bond motifs is 2. The van der Waals surface area contributed by atoms with E-state index in [1.165, 1.54) is 12.1 Å². The lowest BCUT2D eigenvalue weighted by atomic mass is 10.2. The van der Waals surface area contributed by atoms with E-state index in [1.54, 1.807) is 45.9 Å². The molecule has 0 unspecified atom stereocenters. The quantitative estimate of drug-likeness (QED) is 0.393. The minimum absolute atomic E-state index is 0.347. The zero-order valence-corrected chi connectivity index (χ0v) is 13.9. The molecule has 2 aromatic carbocycles. The predicted molar refractivity (Wildman–Crippen MR) is 96.7 cm³/mol. The van der Waals surface area contributed by atoms with Crippen molar-refractivity contribution in [2.75, 3.05) is 0 Å². The minimum atomic E-state index is -0.347. The fraction of sp³-hybridized carbons (Fsp3) is 0. The third-order valence-electron chi connectivity index (χ3n) is 3.42. The van der Waals surface area contributed by atoms with Crippen LogP contribution in [-0.4, -0.2) is 0 Å². The maximum absolute atomic E-state index is 11.2. The largest absolute Gasteiger partial charge is 0.423 e. The van der Waals surface area contributed by atoms with Gasteiger partial charge in [0.2, 0.25) is 0 Å². The van der Waals surface area contributed by atoms with Crippen LogP contribution in [0, 0.1) is 0 Å². The molecule has 0 aliphatic heterocycles. The van der Waals surface area contributed by atoms with Crippen molar-refractivity contribution in [3.63, 3.8) is 0 Å². The minimum Gasteiger partial charge on any atom is -0.423 e. The highest BCUT2D eigenvalue weighted by Crippen LogP contribution is 2.39. The van der Waals surface area contributed by atoms with Crippen LogP contribution < -0.4 is 11.3 Å². The van der Waals surface area contributed by atoms with Crippen LogP contribution in [0.25, 0.3) is 21.9 Å². The lowest BCUT2D eigenvalue weighted by Gasteiger charge is -2.04. The van der Waals surface area contributed by atoms with Crippen molar-refractivity contribution >= 4 is 43.5 Å². The number of rotatable bonds is 3. The van der Waals surface area contributed by atoms with Gasteiger partial charge >= 0.3 is 11.3 Å². The molecule has 4 rings (SSSR count). The number of hydrogen-bond donors (Lipinski definition) is 0. The lowest BCUT2D eigenvalue weighted by Crippen LogP contribution is -1.94. The Balaban J connectivity index is 1.58. The van der Waals surface area contributed by atoms with Crippen LogP contribution >= 0.6 is 21.6 Å². The smallest absolute Gasteiger partial charge is 0.336 e. The molecule has 24 heavy (non-hydrogen) atoms. The molecule has 0 amide bonds. The van der Waals surface area contributed by atoms with Crippen molar-refractivity contribution in [1.82, 2.24) is 0 Å². The summed E-state index contributed by atoms with van der Waals surface area (Å²) in [6.45, 7) is 0. The lowest BCUT2D eigenvalue weighted by molar-refractivity contribution is 0.560. The third kappa shape index (κ3) is 3.11. The molecule has 0 N–H and O–H groups in total. The van der Waals surface area contributed by atoms with Crippen molar-refractivity contribution in [2.24, 2.45) is 0 Å². The summed E-state index contributed by atoms with van der Waals surface area (Å²) in [7, 11) is 3.22. The summed E-state index contributed by atoms with van der Waals surface area (Å²) in [5, 5.41) is 1.78. The van der Waals surface area contributed by atoms with E-state index in [9.17, 15) is 9.59 Å². The first kappa shape index (κ1) is 15.1. The predicted octanol–water partition coefficient (Wildman–Crippen LogP) is 4.70. The second-order valence-corrected chi connectivity index (χ2v) is 7.35. The normalized spacial score (nSPS) is 11.2. The van der Waals surface area contributed by atoms with E-state index in [0.717, 1.165) is 20.6 Å². The van der Waals surface area contributed by atoms with Crippen LogP contribution in [0.3, 0.4) is 0 Å². The molecule has 2 aromatic heterocycles. The van der Waals surface area contributed by atoms with Gasteiger partial charge in [0.05, 0.1) is 0 Å². The molecule has 0 fully saturated rings. The first-order chi connectivity index (χ1) is 11.7. The van der Waals surface area contributed by atoms with Gasteiger partial charge in [0.1, 0.15) is 11.2 Å². The van der Waals surface area contributed by atoms with E-state index in [0.29, 0.717) is 11.2 Å². The van der Waals surface area contributed by atoms with E-state index in [1.807, 2.05) is 24.3 Å². The maximum Gasteiger partial charge on any atom is 0.336 e. The van der Waals surface area contributed by atoms with Crippen LogP contribution in [0.15, 0.2) is 88.9 Å². The molecule has 0 bridgehead atoms. The Bertz CT molecular complexity index is 1070. The van der Waals surface area contributed by atoms with E-state index >= 15 is 0 Å². The van der Waals surface area contributed by atoms with Gasteiger partial charge in [-0.25, -0.2) is 9.59 Å². The zero-order chi connectivity index (χ0) is 16.5. The first-order valence-corrected chi connectivity index (χ1v) is 9.25. The van der Waals surface area contributed by atoms with Gasteiger partial charge < -0.3 is 8.83 Å². The van der Waals surface area contributed by atoms with E-state index in [-0.39, 0.29) is 11.3 Å². The summed E-state index contributed by atoms with van der Waals surface area (Å²) in [6.07, 6.45) is 0. The highest BCUT2D eigenvalue weighted by atomic mass is 33.1. The Kier molecular flexibility index (Phi) is 3.92. The molecule has 0 atom stereocenters. The van der Waals surface area contributed by atoms with Gasteiger partial charge in [-0.2, -0.15) is 0 Å². The van der Waals surface area contributed by atoms with Gasteiger partial charge in [-0.1, -0.05) is 21.6 Å². The number of benzene rings is 2.